The van der Waals surface area contributed by atoms with E-state index in [9.17, 15) is 4.79 Å². The molecule has 36 heavy (non-hydrogen) atoms. The summed E-state index contributed by atoms with van der Waals surface area (Å²) in [5.74, 6) is 1.12. The SMILES string of the molecule is C1=C(n2ccc3c(-c4ccccc4)csc32)NON1.CCC.CNCC(=O)N1CCCC1.COC=O. The first kappa shape index (κ1) is 28.9. The molecule has 0 spiro atoms. The minimum absolute atomic E-state index is 0.236. The molecule has 5 rings (SSSR count). The Morgan fingerprint density at radius 2 is 1.86 bits per heavy atom. The van der Waals surface area contributed by atoms with E-state index in [1.54, 1.807) is 24.6 Å². The molecule has 0 unspecified atom stereocenters. The van der Waals surface area contributed by atoms with Gasteiger partial charge in [-0.2, -0.15) is 4.94 Å². The average Bonchev–Trinajstić information content (AvgIpc) is 3.70. The number of benzene rings is 1. The summed E-state index contributed by atoms with van der Waals surface area (Å²) in [6, 6.07) is 12.6. The Morgan fingerprint density at radius 1 is 1.19 bits per heavy atom. The third-order valence-corrected chi connectivity index (χ3v) is 6.05. The Hall–Kier alpha value is -3.34. The molecule has 0 radical (unpaired) electrons. The number of methoxy groups -OCH3 is 1. The maximum atomic E-state index is 11.1. The molecule has 0 aliphatic carbocycles. The van der Waals surface area contributed by atoms with Crippen LogP contribution < -0.4 is 16.3 Å². The van der Waals surface area contributed by atoms with E-state index < -0.39 is 0 Å². The van der Waals surface area contributed by atoms with Gasteiger partial charge in [0.15, 0.2) is 5.82 Å². The number of rotatable bonds is 5. The van der Waals surface area contributed by atoms with Crippen molar-refractivity contribution < 1.29 is 19.3 Å². The summed E-state index contributed by atoms with van der Waals surface area (Å²) in [6.07, 6.45) is 7.44. The minimum atomic E-state index is 0.236. The number of carbonyl (C=O) groups is 2. The van der Waals surface area contributed by atoms with Gasteiger partial charge in [-0.3, -0.25) is 14.2 Å². The van der Waals surface area contributed by atoms with Gasteiger partial charge in [0.05, 0.1) is 19.9 Å². The van der Waals surface area contributed by atoms with Crippen molar-refractivity contribution in [2.45, 2.75) is 33.1 Å². The molecule has 3 N–H and O–H groups in total. The summed E-state index contributed by atoms with van der Waals surface area (Å²) < 4.78 is 5.94. The molecule has 10 heteroatoms. The van der Waals surface area contributed by atoms with Gasteiger partial charge in [-0.15, -0.1) is 11.3 Å². The summed E-state index contributed by atoms with van der Waals surface area (Å²) >= 11 is 1.73. The topological polar surface area (TPSA) is 96.9 Å². The summed E-state index contributed by atoms with van der Waals surface area (Å²) in [5.41, 5.74) is 8.01. The second kappa shape index (κ2) is 16.4. The zero-order valence-electron chi connectivity index (χ0n) is 21.5. The van der Waals surface area contributed by atoms with E-state index >= 15 is 0 Å². The third-order valence-electron chi connectivity index (χ3n) is 5.06. The van der Waals surface area contributed by atoms with E-state index in [-0.39, 0.29) is 5.91 Å². The molecule has 3 aromatic rings. The van der Waals surface area contributed by atoms with E-state index in [2.05, 4.69) is 75.1 Å². The Kier molecular flexibility index (Phi) is 13.1. The Labute approximate surface area is 217 Å². The summed E-state index contributed by atoms with van der Waals surface area (Å²) in [7, 11) is 3.11. The van der Waals surface area contributed by atoms with Gasteiger partial charge in [0.25, 0.3) is 6.47 Å². The van der Waals surface area contributed by atoms with Crippen LogP contribution in [0.1, 0.15) is 33.1 Å². The minimum Gasteiger partial charge on any atom is -0.471 e. The number of likely N-dealkylation sites (N-methyl/N-ethyl adjacent to an activating group) is 1. The number of likely N-dealkylation sites (tertiary alicyclic amines) is 1. The first-order valence-corrected chi connectivity index (χ1v) is 12.9. The first-order chi connectivity index (χ1) is 17.6. The summed E-state index contributed by atoms with van der Waals surface area (Å²) in [6.45, 7) is 7.03. The van der Waals surface area contributed by atoms with E-state index in [1.807, 2.05) is 17.2 Å². The lowest BCUT2D eigenvalue weighted by Crippen LogP contribution is -2.34. The van der Waals surface area contributed by atoms with Gasteiger partial charge in [-0.05, 0) is 31.5 Å². The molecule has 1 amide bonds. The van der Waals surface area contributed by atoms with Crippen LogP contribution in [0.25, 0.3) is 27.2 Å². The fourth-order valence-corrected chi connectivity index (χ4v) is 4.57. The van der Waals surface area contributed by atoms with Crippen molar-refractivity contribution in [3.63, 3.8) is 0 Å². The van der Waals surface area contributed by atoms with Crippen LogP contribution in [0.15, 0.2) is 54.2 Å². The fraction of sp³-hybridized carbons (Fsp3) is 0.385. The Morgan fingerprint density at radius 3 is 2.42 bits per heavy atom. The zero-order valence-corrected chi connectivity index (χ0v) is 22.3. The lowest BCUT2D eigenvalue weighted by atomic mass is 10.1. The quantitative estimate of drug-likeness (QED) is 0.438. The van der Waals surface area contributed by atoms with Crippen molar-refractivity contribution >= 4 is 39.8 Å². The zero-order chi connectivity index (χ0) is 26.2. The molecule has 0 saturated carbocycles. The highest BCUT2D eigenvalue weighted by Crippen LogP contribution is 2.35. The van der Waals surface area contributed by atoms with E-state index in [4.69, 9.17) is 9.73 Å². The molecule has 1 saturated heterocycles. The van der Waals surface area contributed by atoms with Gasteiger partial charge in [-0.25, -0.2) is 11.0 Å². The second-order valence-electron chi connectivity index (χ2n) is 7.93. The Bertz CT molecular complexity index is 1070. The van der Waals surface area contributed by atoms with Crippen molar-refractivity contribution in [1.29, 1.82) is 0 Å². The number of ether oxygens (including phenoxy) is 1. The largest absolute Gasteiger partial charge is 0.471 e. The number of thiophene rings is 1. The van der Waals surface area contributed by atoms with E-state index in [0.717, 1.165) is 18.9 Å². The second-order valence-corrected chi connectivity index (χ2v) is 8.79. The number of amides is 1. The molecule has 1 aromatic carbocycles. The molecule has 2 aliphatic heterocycles. The number of aromatic nitrogens is 1. The number of carbonyl (C=O) groups excluding carboxylic acids is 2. The highest BCUT2D eigenvalue weighted by atomic mass is 32.1. The summed E-state index contributed by atoms with van der Waals surface area (Å²) in [5, 5.41) is 6.30. The van der Waals surface area contributed by atoms with Gasteiger partial charge >= 0.3 is 0 Å². The molecule has 196 valence electrons. The number of nitrogens with zero attached hydrogens (tertiary/aromatic N) is 2. The predicted molar refractivity (Wildman–Crippen MR) is 146 cm³/mol. The molecular formula is C26H37N5O4S. The highest BCUT2D eigenvalue weighted by molar-refractivity contribution is 7.17. The molecule has 2 aliphatic rings. The number of hydroxylamine groups is 2. The van der Waals surface area contributed by atoms with Crippen LogP contribution in [0.3, 0.4) is 0 Å². The number of hydrogen-bond acceptors (Lipinski definition) is 8. The van der Waals surface area contributed by atoms with Crippen molar-refractivity contribution in [3.05, 3.63) is 54.2 Å². The number of nitrogens with one attached hydrogen (secondary N) is 3. The molecular weight excluding hydrogens is 478 g/mol. The highest BCUT2D eigenvalue weighted by Gasteiger charge is 2.16. The van der Waals surface area contributed by atoms with Gasteiger partial charge in [-0.1, -0.05) is 50.6 Å². The van der Waals surface area contributed by atoms with Gasteiger partial charge < -0.3 is 15.0 Å². The fourth-order valence-electron chi connectivity index (χ4n) is 3.50. The third kappa shape index (κ3) is 8.40. The lowest BCUT2D eigenvalue weighted by molar-refractivity contribution is -0.129. The van der Waals surface area contributed by atoms with Crippen LogP contribution in [-0.2, 0) is 19.3 Å². The van der Waals surface area contributed by atoms with Crippen molar-refractivity contribution in [3.8, 4) is 11.1 Å². The Balaban J connectivity index is 0.000000226. The first-order valence-electron chi connectivity index (χ1n) is 12.0. The van der Waals surface area contributed by atoms with E-state index in [0.29, 0.717) is 13.0 Å². The monoisotopic (exact) mass is 515 g/mol. The molecule has 1 fully saturated rings. The predicted octanol–water partition coefficient (Wildman–Crippen LogP) is 4.20. The number of hydrogen-bond donors (Lipinski definition) is 3. The molecule has 0 atom stereocenters. The van der Waals surface area contributed by atoms with Crippen molar-refractivity contribution in [2.75, 3.05) is 33.8 Å². The number of fused-ring (bicyclic) bond motifs is 1. The van der Waals surface area contributed by atoms with Crippen molar-refractivity contribution in [1.82, 2.24) is 25.7 Å². The molecule has 4 heterocycles. The van der Waals surface area contributed by atoms with Crippen molar-refractivity contribution in [2.24, 2.45) is 0 Å². The molecule has 2 aromatic heterocycles. The normalized spacial score (nSPS) is 13.6. The van der Waals surface area contributed by atoms with Crippen LogP contribution in [0.5, 0.6) is 0 Å². The van der Waals surface area contributed by atoms with Crippen LogP contribution in [0.2, 0.25) is 0 Å². The van der Waals surface area contributed by atoms with Crippen LogP contribution >= 0.6 is 11.3 Å². The van der Waals surface area contributed by atoms with E-state index in [1.165, 1.54) is 47.7 Å². The van der Waals surface area contributed by atoms with Crippen LogP contribution in [-0.4, -0.2) is 55.6 Å². The standard InChI is InChI=1S/C14H11N3OS.C7H14N2O.C3H8.C2H4O2/c1-2-4-10(5-3-1)12-9-19-14-11(12)6-7-17(14)13-8-15-18-16-13;1-8-6-7(10)9-4-2-3-5-9;1-3-2;1-4-2-3/h1-9,15-16H;8H,2-6H2,1H3;3H2,1-2H3;2H,1H3. The lowest BCUT2D eigenvalue weighted by Gasteiger charge is -2.13. The van der Waals surface area contributed by atoms with Gasteiger partial charge in [0.2, 0.25) is 5.91 Å². The van der Waals surface area contributed by atoms with Gasteiger partial charge in [0, 0.05) is 35.6 Å². The van der Waals surface area contributed by atoms with Crippen LogP contribution in [0.4, 0.5) is 0 Å². The smallest absolute Gasteiger partial charge is 0.292 e. The van der Waals surface area contributed by atoms with Gasteiger partial charge in [0.1, 0.15) is 4.83 Å². The maximum Gasteiger partial charge on any atom is 0.292 e. The maximum absolute atomic E-state index is 11.1. The average molecular weight is 516 g/mol. The molecule has 9 nitrogen and oxygen atoms in total. The van der Waals surface area contributed by atoms with Crippen LogP contribution in [0, 0.1) is 0 Å². The molecule has 0 bridgehead atoms. The summed E-state index contributed by atoms with van der Waals surface area (Å²) in [4.78, 5) is 28.1.